The number of benzene rings is 1. The fourth-order valence-corrected chi connectivity index (χ4v) is 2.77. The van der Waals surface area contributed by atoms with Gasteiger partial charge in [-0.15, -0.1) is 0 Å². The highest BCUT2D eigenvalue weighted by Gasteiger charge is 2.21. The summed E-state index contributed by atoms with van der Waals surface area (Å²) in [5.41, 5.74) is 7.56. The average Bonchev–Trinajstić information content (AvgIpc) is 2.99. The first-order valence-electron chi connectivity index (χ1n) is 6.33. The molecule has 1 aliphatic rings. The van der Waals surface area contributed by atoms with E-state index in [2.05, 4.69) is 27.8 Å². The minimum absolute atomic E-state index is 0.222. The second-order valence-electron chi connectivity index (χ2n) is 4.57. The van der Waals surface area contributed by atoms with Crippen LogP contribution in [0.15, 0.2) is 16.6 Å². The molecule has 1 aliphatic heterocycles. The minimum atomic E-state index is 0.222. The van der Waals surface area contributed by atoms with E-state index in [0.717, 1.165) is 28.7 Å². The molecule has 3 rings (SSSR count). The first-order valence-corrected chi connectivity index (χ1v) is 7.12. The van der Waals surface area contributed by atoms with Crippen LogP contribution in [-0.4, -0.2) is 16.5 Å². The molecule has 106 valence electrons. The lowest BCUT2D eigenvalue weighted by Crippen LogP contribution is -2.15. The smallest absolute Gasteiger partial charge is 0.231 e. The summed E-state index contributed by atoms with van der Waals surface area (Å²) in [5, 5.41) is 0. The van der Waals surface area contributed by atoms with Crippen LogP contribution in [0.5, 0.6) is 11.5 Å². The molecule has 0 aliphatic carbocycles. The number of hydrogen-bond acceptors (Lipinski definition) is 5. The summed E-state index contributed by atoms with van der Waals surface area (Å²) in [4.78, 5) is 4.53. The quantitative estimate of drug-likeness (QED) is 0.838. The second-order valence-corrected chi connectivity index (χ2v) is 5.43. The van der Waals surface area contributed by atoms with Crippen LogP contribution in [0.25, 0.3) is 11.3 Å². The zero-order valence-corrected chi connectivity index (χ0v) is 12.6. The number of hydrogen-bond donors (Lipinski definition) is 2. The van der Waals surface area contributed by atoms with Gasteiger partial charge in [0.1, 0.15) is 11.5 Å². The van der Waals surface area contributed by atoms with E-state index in [1.165, 1.54) is 4.68 Å². The van der Waals surface area contributed by atoms with Crippen LogP contribution in [0.2, 0.25) is 0 Å². The van der Waals surface area contributed by atoms with Gasteiger partial charge in [0.2, 0.25) is 6.79 Å². The fraction of sp³-hybridized carbons (Fsp3) is 0.308. The number of nitrogens with zero attached hydrogens (tertiary/aromatic N) is 2. The summed E-state index contributed by atoms with van der Waals surface area (Å²) >= 11 is 3.46. The van der Waals surface area contributed by atoms with Gasteiger partial charge < -0.3 is 21.1 Å². The van der Waals surface area contributed by atoms with Crippen molar-refractivity contribution in [3.05, 3.63) is 22.4 Å². The van der Waals surface area contributed by atoms with Crippen LogP contribution < -0.4 is 21.1 Å². The molecular formula is C13H15BrN4O2. The highest BCUT2D eigenvalue weighted by atomic mass is 79.9. The summed E-state index contributed by atoms with van der Waals surface area (Å²) in [6.45, 7) is 2.29. The Labute approximate surface area is 124 Å². The number of aromatic nitrogens is 2. The van der Waals surface area contributed by atoms with E-state index in [1.807, 2.05) is 12.1 Å². The van der Waals surface area contributed by atoms with Crippen LogP contribution in [-0.2, 0) is 6.42 Å². The monoisotopic (exact) mass is 338 g/mol. The number of ether oxygens (including phenoxy) is 2. The van der Waals surface area contributed by atoms with Gasteiger partial charge in [-0.2, -0.15) is 0 Å². The summed E-state index contributed by atoms with van der Waals surface area (Å²) in [6.07, 6.45) is 1.74. The number of fused-ring (bicyclic) bond motifs is 1. The van der Waals surface area contributed by atoms with Crippen molar-refractivity contribution in [1.29, 1.82) is 0 Å². The molecule has 2 heterocycles. The van der Waals surface area contributed by atoms with E-state index in [-0.39, 0.29) is 6.79 Å². The molecule has 7 heteroatoms. The Morgan fingerprint density at radius 1 is 1.40 bits per heavy atom. The van der Waals surface area contributed by atoms with Crippen molar-refractivity contribution < 1.29 is 9.47 Å². The number of halogens is 1. The van der Waals surface area contributed by atoms with E-state index in [0.29, 0.717) is 23.0 Å². The van der Waals surface area contributed by atoms with Crippen molar-refractivity contribution in [2.45, 2.75) is 19.8 Å². The Morgan fingerprint density at radius 3 is 2.95 bits per heavy atom. The lowest BCUT2D eigenvalue weighted by molar-refractivity contribution is 0.173. The van der Waals surface area contributed by atoms with E-state index < -0.39 is 0 Å². The fourth-order valence-electron chi connectivity index (χ4n) is 2.21. The Bertz CT molecular complexity index is 669. The summed E-state index contributed by atoms with van der Waals surface area (Å²) in [7, 11) is 0. The third kappa shape index (κ3) is 1.98. The molecule has 0 spiro atoms. The van der Waals surface area contributed by atoms with Gasteiger partial charge in [0, 0.05) is 12.0 Å². The number of nitrogens with two attached hydrogens (primary N) is 2. The number of imidazole rings is 1. The highest BCUT2D eigenvalue weighted by molar-refractivity contribution is 9.10. The predicted octanol–water partition coefficient (Wildman–Crippen LogP) is 2.29. The standard InChI is InChI=1S/C13H15BrN4O2/c1-2-3-10-17-11(13(15)18(10)16)7-4-8(14)12-9(5-7)19-6-20-12/h4-5H,2-3,6,15-16H2,1H3. The molecule has 0 bridgehead atoms. The van der Waals surface area contributed by atoms with Gasteiger partial charge in [0.15, 0.2) is 17.3 Å². The molecule has 20 heavy (non-hydrogen) atoms. The van der Waals surface area contributed by atoms with Gasteiger partial charge in [-0.05, 0) is 34.5 Å². The third-order valence-electron chi connectivity index (χ3n) is 3.20. The number of aryl methyl sites for hydroxylation is 1. The molecule has 0 saturated heterocycles. The Morgan fingerprint density at radius 2 is 2.20 bits per heavy atom. The van der Waals surface area contributed by atoms with Gasteiger partial charge in [-0.1, -0.05) is 6.92 Å². The number of anilines is 1. The van der Waals surface area contributed by atoms with E-state index >= 15 is 0 Å². The normalized spacial score (nSPS) is 12.9. The molecular weight excluding hydrogens is 324 g/mol. The van der Waals surface area contributed by atoms with Crippen molar-refractivity contribution in [3.63, 3.8) is 0 Å². The Hall–Kier alpha value is -1.89. The van der Waals surface area contributed by atoms with Crippen molar-refractivity contribution in [3.8, 4) is 22.8 Å². The molecule has 0 radical (unpaired) electrons. The van der Waals surface area contributed by atoms with Gasteiger partial charge in [-0.25, -0.2) is 9.66 Å². The largest absolute Gasteiger partial charge is 0.454 e. The lowest BCUT2D eigenvalue weighted by Gasteiger charge is -2.04. The first-order chi connectivity index (χ1) is 9.61. The van der Waals surface area contributed by atoms with Crippen molar-refractivity contribution in [2.75, 3.05) is 18.4 Å². The molecule has 6 nitrogen and oxygen atoms in total. The second kappa shape index (κ2) is 4.90. The molecule has 0 saturated carbocycles. The highest BCUT2D eigenvalue weighted by Crippen LogP contribution is 2.43. The first kappa shape index (κ1) is 13.1. The van der Waals surface area contributed by atoms with E-state index in [9.17, 15) is 0 Å². The van der Waals surface area contributed by atoms with Crippen LogP contribution in [0, 0.1) is 0 Å². The van der Waals surface area contributed by atoms with Crippen LogP contribution in [0.3, 0.4) is 0 Å². The maximum Gasteiger partial charge on any atom is 0.231 e. The molecule has 0 amide bonds. The average molecular weight is 339 g/mol. The zero-order valence-electron chi connectivity index (χ0n) is 11.0. The molecule has 4 N–H and O–H groups in total. The van der Waals surface area contributed by atoms with Crippen LogP contribution in [0.1, 0.15) is 19.2 Å². The molecule has 1 aromatic carbocycles. The molecule has 0 atom stereocenters. The summed E-state index contributed by atoms with van der Waals surface area (Å²) in [5.74, 6) is 8.54. The summed E-state index contributed by atoms with van der Waals surface area (Å²) < 4.78 is 13.0. The maximum absolute atomic E-state index is 6.05. The molecule has 0 fully saturated rings. The summed E-state index contributed by atoms with van der Waals surface area (Å²) in [6, 6.07) is 3.77. The van der Waals surface area contributed by atoms with Gasteiger partial charge in [0.05, 0.1) is 4.47 Å². The Balaban J connectivity index is 2.10. The predicted molar refractivity (Wildman–Crippen MR) is 80.0 cm³/mol. The zero-order chi connectivity index (χ0) is 14.3. The topological polar surface area (TPSA) is 88.3 Å². The molecule has 2 aromatic rings. The third-order valence-corrected chi connectivity index (χ3v) is 3.78. The van der Waals surface area contributed by atoms with Crippen LogP contribution in [0.4, 0.5) is 5.82 Å². The van der Waals surface area contributed by atoms with Crippen molar-refractivity contribution in [1.82, 2.24) is 9.66 Å². The van der Waals surface area contributed by atoms with Gasteiger partial charge in [0.25, 0.3) is 0 Å². The Kier molecular flexibility index (Phi) is 3.21. The van der Waals surface area contributed by atoms with Gasteiger partial charge >= 0.3 is 0 Å². The van der Waals surface area contributed by atoms with Crippen LogP contribution >= 0.6 is 15.9 Å². The minimum Gasteiger partial charge on any atom is -0.454 e. The van der Waals surface area contributed by atoms with Crippen molar-refractivity contribution >= 4 is 21.7 Å². The SMILES string of the molecule is CCCc1nc(-c2cc(Br)c3c(c2)OCO3)c(N)n1N. The van der Waals surface area contributed by atoms with E-state index in [1.54, 1.807) is 0 Å². The van der Waals surface area contributed by atoms with Gasteiger partial charge in [-0.3, -0.25) is 0 Å². The van der Waals surface area contributed by atoms with Crippen molar-refractivity contribution in [2.24, 2.45) is 0 Å². The molecule has 0 unspecified atom stereocenters. The number of nitrogen functional groups attached to an aromatic ring is 2. The number of rotatable bonds is 3. The van der Waals surface area contributed by atoms with E-state index in [4.69, 9.17) is 21.1 Å². The molecule has 1 aromatic heterocycles. The lowest BCUT2D eigenvalue weighted by atomic mass is 10.1. The maximum atomic E-state index is 6.05.